The Hall–Kier alpha value is -1.81. The molecule has 0 bridgehead atoms. The fraction of sp³-hybridized carbons (Fsp3) is 0.333. The largest absolute Gasteiger partial charge is 0.416 e. The van der Waals surface area contributed by atoms with Gasteiger partial charge in [0.2, 0.25) is 0 Å². The van der Waals surface area contributed by atoms with Gasteiger partial charge in [0.1, 0.15) is 0 Å². The van der Waals surface area contributed by atoms with Crippen LogP contribution in [0, 0.1) is 5.92 Å². The minimum atomic E-state index is -4.27. The fourth-order valence-corrected chi connectivity index (χ4v) is 2.90. The van der Waals surface area contributed by atoms with Crippen LogP contribution < -0.4 is 0 Å². The predicted molar refractivity (Wildman–Crippen MR) is 78.4 cm³/mol. The second kappa shape index (κ2) is 6.13. The van der Waals surface area contributed by atoms with Crippen molar-refractivity contribution in [3.05, 3.63) is 71.3 Å². The Morgan fingerprint density at radius 3 is 2.27 bits per heavy atom. The van der Waals surface area contributed by atoms with Gasteiger partial charge in [0, 0.05) is 0 Å². The van der Waals surface area contributed by atoms with Crippen LogP contribution in [-0.4, -0.2) is 6.61 Å². The monoisotopic (exact) mass is 306 g/mol. The van der Waals surface area contributed by atoms with Crippen LogP contribution in [0.15, 0.2) is 54.6 Å². The van der Waals surface area contributed by atoms with Crippen LogP contribution in [-0.2, 0) is 17.3 Å². The van der Waals surface area contributed by atoms with Gasteiger partial charge in [-0.05, 0) is 42.0 Å². The smallest absolute Gasteiger partial charge is 0.373 e. The molecule has 1 nitrogen and oxygen atoms in total. The van der Waals surface area contributed by atoms with E-state index in [1.165, 1.54) is 0 Å². The molecule has 4 heteroatoms. The lowest BCUT2D eigenvalue weighted by molar-refractivity contribution is -0.137. The molecule has 0 radical (unpaired) electrons. The highest BCUT2D eigenvalue weighted by molar-refractivity contribution is 5.25. The van der Waals surface area contributed by atoms with Gasteiger partial charge < -0.3 is 4.74 Å². The number of alkyl halides is 3. The van der Waals surface area contributed by atoms with E-state index in [1.54, 1.807) is 12.1 Å². The zero-order valence-corrected chi connectivity index (χ0v) is 12.0. The van der Waals surface area contributed by atoms with Crippen LogP contribution >= 0.6 is 0 Å². The maximum absolute atomic E-state index is 12.5. The summed E-state index contributed by atoms with van der Waals surface area (Å²) in [6.07, 6.45) is -2.51. The molecule has 1 aliphatic heterocycles. The third-order valence-corrected chi connectivity index (χ3v) is 4.06. The van der Waals surface area contributed by atoms with Crippen molar-refractivity contribution >= 4 is 0 Å². The van der Waals surface area contributed by atoms with Gasteiger partial charge in [-0.3, -0.25) is 0 Å². The van der Waals surface area contributed by atoms with E-state index >= 15 is 0 Å². The molecule has 2 atom stereocenters. The number of benzene rings is 2. The average molecular weight is 306 g/mol. The van der Waals surface area contributed by atoms with Gasteiger partial charge in [-0.1, -0.05) is 42.5 Å². The Labute approximate surface area is 127 Å². The number of hydrogen-bond acceptors (Lipinski definition) is 1. The first kappa shape index (κ1) is 15.1. The molecule has 0 amide bonds. The minimum absolute atomic E-state index is 0.0978. The van der Waals surface area contributed by atoms with Crippen molar-refractivity contribution in [3.8, 4) is 0 Å². The molecule has 0 aromatic heterocycles. The maximum atomic E-state index is 12.5. The Bertz CT molecular complexity index is 604. The van der Waals surface area contributed by atoms with E-state index in [-0.39, 0.29) is 6.10 Å². The summed E-state index contributed by atoms with van der Waals surface area (Å²) in [7, 11) is 0. The zero-order chi connectivity index (χ0) is 15.6. The van der Waals surface area contributed by atoms with Crippen LogP contribution in [0.5, 0.6) is 0 Å². The summed E-state index contributed by atoms with van der Waals surface area (Å²) in [6.45, 7) is 0.653. The van der Waals surface area contributed by atoms with E-state index in [0.717, 1.165) is 36.1 Å². The topological polar surface area (TPSA) is 9.23 Å². The van der Waals surface area contributed by atoms with Crippen molar-refractivity contribution in [1.82, 2.24) is 0 Å². The highest BCUT2D eigenvalue weighted by atomic mass is 19.4. The summed E-state index contributed by atoms with van der Waals surface area (Å²) in [5, 5.41) is 0. The van der Waals surface area contributed by atoms with Crippen LogP contribution in [0.25, 0.3) is 0 Å². The molecular formula is C18H17F3O. The first-order valence-electron chi connectivity index (χ1n) is 7.35. The highest BCUT2D eigenvalue weighted by Crippen LogP contribution is 2.34. The molecule has 2 aromatic rings. The molecule has 1 heterocycles. The lowest BCUT2D eigenvalue weighted by atomic mass is 9.94. The Kier molecular flexibility index (Phi) is 4.21. The van der Waals surface area contributed by atoms with Crippen LogP contribution in [0.1, 0.15) is 29.2 Å². The van der Waals surface area contributed by atoms with Gasteiger partial charge in [0.25, 0.3) is 0 Å². The van der Waals surface area contributed by atoms with Gasteiger partial charge in [0.05, 0.1) is 18.3 Å². The Morgan fingerprint density at radius 1 is 0.955 bits per heavy atom. The van der Waals surface area contributed by atoms with Gasteiger partial charge in [-0.25, -0.2) is 0 Å². The van der Waals surface area contributed by atoms with Crippen molar-refractivity contribution in [2.75, 3.05) is 6.61 Å². The third kappa shape index (κ3) is 3.50. The quantitative estimate of drug-likeness (QED) is 0.773. The molecule has 3 rings (SSSR count). The lowest BCUT2D eigenvalue weighted by Gasteiger charge is -2.11. The normalized spacial score (nSPS) is 22.0. The van der Waals surface area contributed by atoms with Crippen molar-refractivity contribution in [2.24, 2.45) is 5.92 Å². The van der Waals surface area contributed by atoms with Crippen molar-refractivity contribution in [3.63, 3.8) is 0 Å². The molecule has 0 aliphatic carbocycles. The Balaban J connectivity index is 1.61. The summed E-state index contributed by atoms with van der Waals surface area (Å²) in [5.41, 5.74) is 1.49. The third-order valence-electron chi connectivity index (χ3n) is 4.06. The minimum Gasteiger partial charge on any atom is -0.373 e. The van der Waals surface area contributed by atoms with Crippen molar-refractivity contribution < 1.29 is 17.9 Å². The summed E-state index contributed by atoms with van der Waals surface area (Å²) < 4.78 is 43.5. The van der Waals surface area contributed by atoms with Gasteiger partial charge in [0.15, 0.2) is 0 Å². The lowest BCUT2D eigenvalue weighted by Crippen LogP contribution is -2.06. The standard InChI is InChI=1S/C18H17F3O/c19-18(20,21)16-8-6-13(7-9-16)10-14-11-17(22-12-14)15-4-2-1-3-5-15/h1-9,14,17H,10-12H2. The van der Waals surface area contributed by atoms with Crippen molar-refractivity contribution in [1.29, 1.82) is 0 Å². The average Bonchev–Trinajstić information content (AvgIpc) is 2.96. The Morgan fingerprint density at radius 2 is 1.64 bits per heavy atom. The van der Waals surface area contributed by atoms with Gasteiger partial charge in [-0.2, -0.15) is 13.2 Å². The molecular weight excluding hydrogens is 289 g/mol. The number of ether oxygens (including phenoxy) is 1. The van der Waals surface area contributed by atoms with E-state index in [0.29, 0.717) is 12.5 Å². The maximum Gasteiger partial charge on any atom is 0.416 e. The summed E-state index contributed by atoms with van der Waals surface area (Å²) in [6, 6.07) is 15.5. The molecule has 0 saturated carbocycles. The van der Waals surface area contributed by atoms with Gasteiger partial charge in [-0.15, -0.1) is 0 Å². The fourth-order valence-electron chi connectivity index (χ4n) is 2.90. The number of hydrogen-bond donors (Lipinski definition) is 0. The molecule has 1 aliphatic rings. The molecule has 2 unspecified atom stereocenters. The van der Waals surface area contributed by atoms with E-state index < -0.39 is 11.7 Å². The molecule has 116 valence electrons. The number of rotatable bonds is 3. The van der Waals surface area contributed by atoms with E-state index in [9.17, 15) is 13.2 Å². The second-order valence-corrected chi connectivity index (χ2v) is 5.73. The highest BCUT2D eigenvalue weighted by Gasteiger charge is 2.30. The zero-order valence-electron chi connectivity index (χ0n) is 12.0. The molecule has 1 saturated heterocycles. The van der Waals surface area contributed by atoms with Crippen LogP contribution in [0.4, 0.5) is 13.2 Å². The van der Waals surface area contributed by atoms with Gasteiger partial charge >= 0.3 is 6.18 Å². The first-order valence-corrected chi connectivity index (χ1v) is 7.35. The molecule has 1 fully saturated rings. The van der Waals surface area contributed by atoms with E-state index in [2.05, 4.69) is 0 Å². The van der Waals surface area contributed by atoms with Crippen molar-refractivity contribution in [2.45, 2.75) is 25.1 Å². The van der Waals surface area contributed by atoms with E-state index in [4.69, 9.17) is 4.74 Å². The molecule has 0 N–H and O–H groups in total. The number of halogens is 3. The van der Waals surface area contributed by atoms with Crippen LogP contribution in [0.3, 0.4) is 0 Å². The second-order valence-electron chi connectivity index (χ2n) is 5.73. The van der Waals surface area contributed by atoms with Crippen LogP contribution in [0.2, 0.25) is 0 Å². The first-order chi connectivity index (χ1) is 10.5. The predicted octanol–water partition coefficient (Wildman–Crippen LogP) is 5.03. The molecule has 22 heavy (non-hydrogen) atoms. The summed E-state index contributed by atoms with van der Waals surface area (Å²) in [5.74, 6) is 0.349. The molecule has 0 spiro atoms. The molecule has 2 aromatic carbocycles. The SMILES string of the molecule is FC(F)(F)c1ccc(CC2COC(c3ccccc3)C2)cc1. The summed E-state index contributed by atoms with van der Waals surface area (Å²) in [4.78, 5) is 0. The summed E-state index contributed by atoms with van der Waals surface area (Å²) >= 11 is 0. The van der Waals surface area contributed by atoms with E-state index in [1.807, 2.05) is 30.3 Å².